The molecular weight excluding hydrogens is 978 g/mol. The number of alkyl halides is 1. The molecule has 0 fully saturated rings. The highest BCUT2D eigenvalue weighted by Crippen LogP contribution is 2.26. The molecule has 0 amide bonds. The molecule has 0 unspecified atom stereocenters. The number of ether oxygens (including phenoxy) is 1. The largest absolute Gasteiger partial charge is 0.458 e. The van der Waals surface area contributed by atoms with Crippen molar-refractivity contribution in [3.63, 3.8) is 0 Å². The van der Waals surface area contributed by atoms with E-state index in [1.807, 2.05) is 58.0 Å². The summed E-state index contributed by atoms with van der Waals surface area (Å²) in [5.74, 6) is -0.140. The highest BCUT2D eigenvalue weighted by molar-refractivity contribution is 14.1. The Bertz CT molecular complexity index is 2820. The second kappa shape index (κ2) is 23.7. The maximum Gasteiger partial charge on any atom is 0.322 e. The molecule has 3 N–H and O–H groups in total. The molecule has 2 atom stereocenters. The van der Waals surface area contributed by atoms with Gasteiger partial charge in [0.2, 0.25) is 25.6 Å². The van der Waals surface area contributed by atoms with Crippen molar-refractivity contribution in [2.75, 3.05) is 22.3 Å². The number of halogens is 3. The van der Waals surface area contributed by atoms with Gasteiger partial charge in [0.15, 0.2) is 11.3 Å². The highest BCUT2D eigenvalue weighted by atomic mass is 127. The van der Waals surface area contributed by atoms with E-state index in [0.717, 1.165) is 29.2 Å². The zero-order valence-corrected chi connectivity index (χ0v) is 40.3. The summed E-state index contributed by atoms with van der Waals surface area (Å²) in [7, 11) is -7.19. The number of hydrogen-bond acceptors (Lipinski definition) is 13. The van der Waals surface area contributed by atoms with E-state index in [-0.39, 0.29) is 65.8 Å². The number of benzene rings is 3. The molecule has 4 aromatic heterocycles. The Morgan fingerprint density at radius 2 is 1.11 bits per heavy atom. The van der Waals surface area contributed by atoms with Gasteiger partial charge in [-0.15, -0.1) is 0 Å². The van der Waals surface area contributed by atoms with Crippen LogP contribution in [0.5, 0.6) is 6.01 Å². The van der Waals surface area contributed by atoms with Crippen LogP contribution in [-0.2, 0) is 26.3 Å². The Morgan fingerprint density at radius 1 is 0.672 bits per heavy atom. The summed E-state index contributed by atoms with van der Waals surface area (Å²) in [6, 6.07) is 21.9. The third-order valence-electron chi connectivity index (χ3n) is 8.95. The van der Waals surface area contributed by atoms with E-state index < -0.39 is 25.7 Å². The fourth-order valence-corrected chi connectivity index (χ4v) is 6.72. The Balaban J connectivity index is 0.000000265. The summed E-state index contributed by atoms with van der Waals surface area (Å²) in [6.07, 6.45) is 5.43. The van der Waals surface area contributed by atoms with Crippen molar-refractivity contribution in [1.29, 1.82) is 0 Å². The number of sulfone groups is 2. The minimum absolute atomic E-state index is 0. The lowest BCUT2D eigenvalue weighted by atomic mass is 10.1. The van der Waals surface area contributed by atoms with Crippen LogP contribution in [0.3, 0.4) is 0 Å². The first-order chi connectivity index (χ1) is 29.7. The highest BCUT2D eigenvalue weighted by Gasteiger charge is 2.23. The van der Waals surface area contributed by atoms with Crippen LogP contribution in [-0.4, -0.2) is 72.9 Å². The van der Waals surface area contributed by atoms with Gasteiger partial charge in [0.05, 0.1) is 18.4 Å². The van der Waals surface area contributed by atoms with Crippen LogP contribution in [0, 0.1) is 11.6 Å². The smallest absolute Gasteiger partial charge is 0.322 e. The van der Waals surface area contributed by atoms with E-state index >= 15 is 0 Å². The van der Waals surface area contributed by atoms with Crippen molar-refractivity contribution in [1.82, 2.24) is 39.2 Å². The fourth-order valence-electron chi connectivity index (χ4n) is 5.72. The van der Waals surface area contributed by atoms with E-state index in [2.05, 4.69) is 65.0 Å². The van der Waals surface area contributed by atoms with Gasteiger partial charge in [0.1, 0.15) is 18.2 Å². The van der Waals surface area contributed by atoms with Gasteiger partial charge >= 0.3 is 6.01 Å². The molecule has 7 rings (SSSR count). The van der Waals surface area contributed by atoms with Crippen molar-refractivity contribution < 1.29 is 30.4 Å². The maximum atomic E-state index is 14.0. The molecule has 3 aromatic carbocycles. The van der Waals surface area contributed by atoms with E-state index in [9.17, 15) is 25.6 Å². The van der Waals surface area contributed by atoms with Gasteiger partial charge in [-0.2, -0.15) is 39.2 Å². The summed E-state index contributed by atoms with van der Waals surface area (Å²) in [5, 5.41) is 11.0. The number of rotatable bonds is 11. The molecule has 0 aliphatic heterocycles. The van der Waals surface area contributed by atoms with Crippen LogP contribution < -0.4 is 15.8 Å². The molecule has 0 aliphatic carbocycles. The second-order valence-corrected chi connectivity index (χ2v) is 20.2. The fraction of sp³-hybridized carbons (Fsp3) is 0.364. The number of nitrogens with zero attached hydrogens (tertiary/aromatic N) is 8. The molecule has 0 spiro atoms. The number of fused-ring (bicyclic) bond motifs is 2. The van der Waals surface area contributed by atoms with Gasteiger partial charge in [-0.1, -0.05) is 131 Å². The van der Waals surface area contributed by atoms with Gasteiger partial charge in [0.25, 0.3) is 10.3 Å². The molecule has 0 bridgehead atoms. The van der Waals surface area contributed by atoms with Gasteiger partial charge < -0.3 is 15.8 Å². The molecule has 64 heavy (non-hydrogen) atoms. The van der Waals surface area contributed by atoms with Gasteiger partial charge in [0, 0.05) is 40.8 Å². The Labute approximate surface area is 388 Å². The van der Waals surface area contributed by atoms with Gasteiger partial charge in [-0.25, -0.2) is 25.6 Å². The van der Waals surface area contributed by atoms with Crippen LogP contribution in [0.25, 0.3) is 11.3 Å². The predicted octanol–water partition coefficient (Wildman–Crippen LogP) is 9.12. The van der Waals surface area contributed by atoms with Crippen molar-refractivity contribution in [2.24, 2.45) is 5.73 Å². The average Bonchev–Trinajstić information content (AvgIpc) is 3.86. The molecule has 7 aromatic rings. The molecule has 0 saturated heterocycles. The Morgan fingerprint density at radius 3 is 1.56 bits per heavy atom. The lowest BCUT2D eigenvalue weighted by Crippen LogP contribution is -2.16. The minimum atomic E-state index is -3.62. The molecule has 346 valence electrons. The number of aromatic nitrogens is 8. The maximum absolute atomic E-state index is 14.0. The second-order valence-electron chi connectivity index (χ2n) is 14.9. The summed E-state index contributed by atoms with van der Waals surface area (Å²) in [4.78, 5) is 16.5. The zero-order valence-electron chi connectivity index (χ0n) is 36.5. The van der Waals surface area contributed by atoms with Crippen molar-refractivity contribution in [3.8, 4) is 6.01 Å². The van der Waals surface area contributed by atoms with Crippen LogP contribution in [0.15, 0.2) is 102 Å². The number of nitrogens with two attached hydrogens (primary N) is 1. The quantitative estimate of drug-likeness (QED) is 0.0919. The first kappa shape index (κ1) is 53.2. The van der Waals surface area contributed by atoms with Crippen molar-refractivity contribution in [3.05, 3.63) is 131 Å². The van der Waals surface area contributed by atoms with Crippen LogP contribution in [0.2, 0.25) is 0 Å². The summed E-state index contributed by atoms with van der Waals surface area (Å²) in [5.41, 5.74) is 9.94. The molecule has 0 radical (unpaired) electrons. The molecular formula is C44H57F2IN10O5S2. The topological polar surface area (TPSA) is 202 Å². The Hall–Kier alpha value is -5.19. The van der Waals surface area contributed by atoms with Gasteiger partial charge in [-0.3, -0.25) is 0 Å². The van der Waals surface area contributed by atoms with Crippen LogP contribution in [0.1, 0.15) is 108 Å². The van der Waals surface area contributed by atoms with Crippen molar-refractivity contribution in [2.45, 2.75) is 96.7 Å². The summed E-state index contributed by atoms with van der Waals surface area (Å²) >= 11 is 2.29. The average molecular weight is 1040 g/mol. The SMILES string of the molecule is C.CC(C)c1cnn2c(N[C@@H](C)c3ccccc3F)nc(S(C)(=O)=O)nc12.CC(C)c1cnn2c(OCc3ccccc3)nc(S(C)(=O)=O)nc12.CCI.C[C@H](N)c1ccccc1F. The third-order valence-corrected chi connectivity index (χ3v) is 10.6. The normalized spacial score (nSPS) is 12.2. The van der Waals surface area contributed by atoms with E-state index in [1.54, 1.807) is 62.6 Å². The standard InChI is InChI=1S/C17H20FN5O2S.C16H18N4O3S.C8H10FN.C2H5I.CH4/c1-10(2)13-9-19-23-15(13)21-17(26(4,24)25)22-16(23)20-11(3)12-7-5-6-8-14(12)18;1-11(2)13-9-17-20-14(13)18-15(24(3,21)22)19-16(20)23-10-12-7-5-4-6-8-12;1-6(10)7-4-2-3-5-8(7)9;1-2-3;/h5-11H,1-4H3,(H,20,21,22);4-9,11H,10H2,1-3H3;2-6H,10H2,1H3;2H2,1H3;1H4/t11-;;6-;;/m0.0../s1. The molecule has 0 aliphatic rings. The summed E-state index contributed by atoms with van der Waals surface area (Å²) < 4.78 is 84.4. The van der Waals surface area contributed by atoms with Crippen LogP contribution in [0.4, 0.5) is 14.7 Å². The van der Waals surface area contributed by atoms with Crippen molar-refractivity contribution >= 4 is 59.5 Å². The summed E-state index contributed by atoms with van der Waals surface area (Å²) in [6.45, 7) is 13.8. The lowest BCUT2D eigenvalue weighted by molar-refractivity contribution is 0.268. The van der Waals surface area contributed by atoms with E-state index in [1.165, 1.54) is 25.6 Å². The van der Waals surface area contributed by atoms with Gasteiger partial charge in [-0.05, 0) is 47.8 Å². The number of anilines is 1. The minimum Gasteiger partial charge on any atom is -0.458 e. The van der Waals surface area contributed by atoms with E-state index in [4.69, 9.17) is 10.5 Å². The third kappa shape index (κ3) is 14.2. The number of hydrogen-bond donors (Lipinski definition) is 2. The zero-order chi connectivity index (χ0) is 46.6. The first-order valence-electron chi connectivity index (χ1n) is 19.8. The van der Waals surface area contributed by atoms with Crippen LogP contribution >= 0.6 is 22.6 Å². The molecule has 0 saturated carbocycles. The first-order valence-corrected chi connectivity index (χ1v) is 25.1. The van der Waals surface area contributed by atoms with E-state index in [0.29, 0.717) is 22.4 Å². The number of nitrogens with one attached hydrogen (secondary N) is 1. The lowest BCUT2D eigenvalue weighted by Gasteiger charge is -2.16. The monoisotopic (exact) mass is 1030 g/mol. The molecule has 4 heterocycles. The predicted molar refractivity (Wildman–Crippen MR) is 255 cm³/mol. The Kier molecular flexibility index (Phi) is 19.6. The molecule has 15 nitrogen and oxygen atoms in total. The molecule has 20 heteroatoms.